The van der Waals surface area contributed by atoms with Gasteiger partial charge < -0.3 is 9.84 Å². The minimum Gasteiger partial charge on any atom is -0.491 e. The molecule has 26 heavy (non-hydrogen) atoms. The quantitative estimate of drug-likeness (QED) is 0.798. The zero-order valence-electron chi connectivity index (χ0n) is 15.0. The molecule has 2 aliphatic rings. The normalized spacial score (nSPS) is 26.9. The second-order valence-electron chi connectivity index (χ2n) is 7.50. The van der Waals surface area contributed by atoms with Crippen LogP contribution in [0.1, 0.15) is 24.8 Å². The fourth-order valence-corrected chi connectivity index (χ4v) is 3.76. The molecule has 0 saturated carbocycles. The molecular formula is C19H27F3N2O2. The fourth-order valence-electron chi connectivity index (χ4n) is 3.76. The van der Waals surface area contributed by atoms with E-state index < -0.39 is 18.2 Å². The minimum atomic E-state index is -2.55. The number of β-amino-alcohol motifs (C(OH)–C–C–N with tert-alkyl or cyclic N) is 1. The number of hydrogen-bond donors (Lipinski definition) is 1. The van der Waals surface area contributed by atoms with Gasteiger partial charge in [0.2, 0.25) is 0 Å². The van der Waals surface area contributed by atoms with Crippen LogP contribution >= 0.6 is 0 Å². The Labute approximate surface area is 152 Å². The number of ether oxygens (including phenoxy) is 1. The first-order chi connectivity index (χ1) is 12.4. The molecule has 4 nitrogen and oxygen atoms in total. The summed E-state index contributed by atoms with van der Waals surface area (Å²) in [4.78, 5) is 4.13. The Morgan fingerprint density at radius 3 is 2.31 bits per heavy atom. The molecule has 1 aromatic carbocycles. The van der Waals surface area contributed by atoms with Crippen molar-refractivity contribution in [3.05, 3.63) is 29.8 Å². The molecule has 2 fully saturated rings. The second kappa shape index (κ2) is 8.15. The molecule has 2 saturated heterocycles. The molecule has 2 heterocycles. The van der Waals surface area contributed by atoms with E-state index in [9.17, 15) is 18.3 Å². The maximum absolute atomic E-state index is 13.3. The smallest absolute Gasteiger partial charge is 0.250 e. The van der Waals surface area contributed by atoms with Crippen LogP contribution in [0.2, 0.25) is 0 Å². The van der Waals surface area contributed by atoms with Gasteiger partial charge in [0.05, 0.1) is 5.60 Å². The number of hydrogen-bond acceptors (Lipinski definition) is 4. The van der Waals surface area contributed by atoms with Crippen LogP contribution < -0.4 is 4.74 Å². The predicted molar refractivity (Wildman–Crippen MR) is 93.4 cm³/mol. The summed E-state index contributed by atoms with van der Waals surface area (Å²) in [5.74, 6) is -1.91. The van der Waals surface area contributed by atoms with Crippen molar-refractivity contribution < 1.29 is 23.0 Å². The molecule has 7 heteroatoms. The Morgan fingerprint density at radius 2 is 1.65 bits per heavy atom. The van der Waals surface area contributed by atoms with Gasteiger partial charge in [-0.2, -0.15) is 0 Å². The Bertz CT molecular complexity index is 575. The highest BCUT2D eigenvalue weighted by molar-refractivity contribution is 5.27. The largest absolute Gasteiger partial charge is 0.491 e. The maximum Gasteiger partial charge on any atom is 0.250 e. The van der Waals surface area contributed by atoms with Gasteiger partial charge in [0, 0.05) is 52.1 Å². The van der Waals surface area contributed by atoms with E-state index in [2.05, 4.69) is 4.90 Å². The molecule has 0 aliphatic carbocycles. The monoisotopic (exact) mass is 372 g/mol. The highest BCUT2D eigenvalue weighted by atomic mass is 19.3. The van der Waals surface area contributed by atoms with Crippen molar-refractivity contribution in [3.63, 3.8) is 0 Å². The van der Waals surface area contributed by atoms with Gasteiger partial charge in [-0.3, -0.25) is 9.80 Å². The molecule has 1 N–H and O–H groups in total. The fraction of sp³-hybridized carbons (Fsp3) is 0.684. The third kappa shape index (κ3) is 5.34. The number of aliphatic hydroxyl groups is 1. The average molecular weight is 372 g/mol. The SMILES string of the molecule is OC1(CN2CCC(F)(F)CC2)CCN(Cc2ccc(OCCF)cc2)C1. The molecule has 0 bridgehead atoms. The summed E-state index contributed by atoms with van der Waals surface area (Å²) in [6, 6.07) is 7.53. The van der Waals surface area contributed by atoms with Crippen LogP contribution in [0.3, 0.4) is 0 Å². The van der Waals surface area contributed by atoms with Gasteiger partial charge in [-0.25, -0.2) is 13.2 Å². The molecule has 3 rings (SSSR count). The number of likely N-dealkylation sites (tertiary alicyclic amines) is 2. The summed E-state index contributed by atoms with van der Waals surface area (Å²) in [7, 11) is 0. The Morgan fingerprint density at radius 1 is 1.00 bits per heavy atom. The first kappa shape index (κ1) is 19.5. The van der Waals surface area contributed by atoms with E-state index >= 15 is 0 Å². The van der Waals surface area contributed by atoms with Gasteiger partial charge in [0.25, 0.3) is 5.92 Å². The number of piperidine rings is 1. The summed E-state index contributed by atoms with van der Waals surface area (Å²) in [5, 5.41) is 10.8. The lowest BCUT2D eigenvalue weighted by Crippen LogP contribution is -2.49. The van der Waals surface area contributed by atoms with Crippen LogP contribution in [0.25, 0.3) is 0 Å². The molecule has 1 atom stereocenters. The molecule has 0 amide bonds. The number of alkyl halides is 3. The number of benzene rings is 1. The third-order valence-corrected chi connectivity index (χ3v) is 5.19. The molecule has 1 unspecified atom stereocenters. The lowest BCUT2D eigenvalue weighted by molar-refractivity contribution is -0.0724. The molecular weight excluding hydrogens is 345 g/mol. The lowest BCUT2D eigenvalue weighted by Gasteiger charge is -2.36. The van der Waals surface area contributed by atoms with Crippen molar-refractivity contribution in [3.8, 4) is 5.75 Å². The standard InChI is InChI=1S/C19H27F3N2O2/c20-8-12-26-17-3-1-16(2-4-17)13-24-9-5-18(25,15-24)14-23-10-6-19(21,22)7-11-23/h1-4,25H,5-15H2. The summed E-state index contributed by atoms with van der Waals surface area (Å²) in [6.07, 6.45) is 0.408. The Kier molecular flexibility index (Phi) is 6.10. The molecule has 0 aromatic heterocycles. The lowest BCUT2D eigenvalue weighted by atomic mass is 10.00. The first-order valence-electron chi connectivity index (χ1n) is 9.20. The third-order valence-electron chi connectivity index (χ3n) is 5.19. The number of nitrogens with zero attached hydrogens (tertiary/aromatic N) is 2. The Balaban J connectivity index is 1.47. The second-order valence-corrected chi connectivity index (χ2v) is 7.50. The van der Waals surface area contributed by atoms with Gasteiger partial charge in [0.1, 0.15) is 19.0 Å². The van der Waals surface area contributed by atoms with E-state index in [0.717, 1.165) is 12.1 Å². The van der Waals surface area contributed by atoms with Crippen molar-refractivity contribution in [2.45, 2.75) is 37.3 Å². The average Bonchev–Trinajstić information content (AvgIpc) is 2.97. The zero-order valence-corrected chi connectivity index (χ0v) is 15.0. The summed E-state index contributed by atoms with van der Waals surface area (Å²) in [5.41, 5.74) is 0.260. The van der Waals surface area contributed by atoms with Gasteiger partial charge >= 0.3 is 0 Å². The van der Waals surface area contributed by atoms with E-state index in [4.69, 9.17) is 4.74 Å². The minimum absolute atomic E-state index is 0.0565. The van der Waals surface area contributed by atoms with E-state index in [1.807, 2.05) is 29.2 Å². The number of halogens is 3. The van der Waals surface area contributed by atoms with Gasteiger partial charge in [-0.1, -0.05) is 12.1 Å². The van der Waals surface area contributed by atoms with Gasteiger partial charge in [-0.15, -0.1) is 0 Å². The van der Waals surface area contributed by atoms with Crippen LogP contribution in [-0.2, 0) is 6.54 Å². The molecule has 0 spiro atoms. The Hall–Kier alpha value is -1.31. The van der Waals surface area contributed by atoms with Crippen molar-refractivity contribution in [2.24, 2.45) is 0 Å². The van der Waals surface area contributed by atoms with E-state index in [0.29, 0.717) is 44.9 Å². The van der Waals surface area contributed by atoms with Gasteiger partial charge in [-0.05, 0) is 24.1 Å². The van der Waals surface area contributed by atoms with Crippen molar-refractivity contribution in [1.82, 2.24) is 9.80 Å². The van der Waals surface area contributed by atoms with Crippen LogP contribution in [0.4, 0.5) is 13.2 Å². The first-order valence-corrected chi connectivity index (χ1v) is 9.20. The van der Waals surface area contributed by atoms with E-state index in [1.54, 1.807) is 0 Å². The van der Waals surface area contributed by atoms with E-state index in [-0.39, 0.29) is 19.4 Å². The highest BCUT2D eigenvalue weighted by Gasteiger charge is 2.40. The molecule has 2 aliphatic heterocycles. The van der Waals surface area contributed by atoms with E-state index in [1.165, 1.54) is 0 Å². The predicted octanol–water partition coefficient (Wildman–Crippen LogP) is 2.70. The zero-order chi connectivity index (χ0) is 18.6. The number of rotatable bonds is 7. The highest BCUT2D eigenvalue weighted by Crippen LogP contribution is 2.30. The van der Waals surface area contributed by atoms with Crippen LogP contribution in [0.5, 0.6) is 5.75 Å². The maximum atomic E-state index is 13.3. The van der Waals surface area contributed by atoms with Crippen molar-refractivity contribution in [2.75, 3.05) is 46.0 Å². The van der Waals surface area contributed by atoms with Crippen molar-refractivity contribution >= 4 is 0 Å². The summed E-state index contributed by atoms with van der Waals surface area (Å²) >= 11 is 0. The van der Waals surface area contributed by atoms with Gasteiger partial charge in [0.15, 0.2) is 0 Å². The topological polar surface area (TPSA) is 35.9 Å². The molecule has 0 radical (unpaired) electrons. The molecule has 1 aromatic rings. The van der Waals surface area contributed by atoms with Crippen LogP contribution in [-0.4, -0.2) is 72.4 Å². The van der Waals surface area contributed by atoms with Crippen molar-refractivity contribution in [1.29, 1.82) is 0 Å². The van der Waals surface area contributed by atoms with Crippen LogP contribution in [0, 0.1) is 0 Å². The summed E-state index contributed by atoms with van der Waals surface area (Å²) < 4.78 is 43.9. The molecule has 146 valence electrons. The van der Waals surface area contributed by atoms with Crippen LogP contribution in [0.15, 0.2) is 24.3 Å². The summed E-state index contributed by atoms with van der Waals surface area (Å²) in [6.45, 7) is 2.72.